The van der Waals surface area contributed by atoms with Crippen molar-refractivity contribution in [3.8, 4) is 0 Å². The molecule has 3 aliphatic heterocycles. The van der Waals surface area contributed by atoms with Crippen LogP contribution >= 0.6 is 0 Å². The molecule has 2 aromatic rings. The number of fused-ring (bicyclic) bond motifs is 1. The van der Waals surface area contributed by atoms with Gasteiger partial charge in [0, 0.05) is 45.7 Å². The fourth-order valence-electron chi connectivity index (χ4n) is 5.28. The summed E-state index contributed by atoms with van der Waals surface area (Å²) in [5.41, 5.74) is 9.50. The van der Waals surface area contributed by atoms with Crippen molar-refractivity contribution in [3.05, 3.63) is 53.2 Å². The van der Waals surface area contributed by atoms with Crippen LogP contribution in [0.15, 0.2) is 36.5 Å². The van der Waals surface area contributed by atoms with E-state index in [1.807, 2.05) is 24.3 Å². The number of nitrogen functional groups attached to an aromatic ring is 1. The molecular formula is C25H28N6O4. The fraction of sp³-hybridized carbons (Fsp3) is 0.400. The van der Waals surface area contributed by atoms with Gasteiger partial charge in [-0.25, -0.2) is 4.98 Å². The minimum absolute atomic E-state index is 0.217. The largest absolute Gasteiger partial charge is 0.384 e. The van der Waals surface area contributed by atoms with Crippen molar-refractivity contribution in [2.45, 2.75) is 38.0 Å². The third-order valence-corrected chi connectivity index (χ3v) is 7.10. The van der Waals surface area contributed by atoms with Crippen molar-refractivity contribution in [2.75, 3.05) is 36.8 Å². The van der Waals surface area contributed by atoms with E-state index in [2.05, 4.69) is 20.1 Å². The summed E-state index contributed by atoms with van der Waals surface area (Å²) in [5.74, 6) is -0.786. The van der Waals surface area contributed by atoms with Crippen LogP contribution in [0.25, 0.3) is 0 Å². The monoisotopic (exact) mass is 476 g/mol. The molecule has 1 aromatic heterocycles. The standard InChI is InChI=1S/C25H28N6O4/c26-22-5-3-18(12-27-22)30-9-7-29(8-10-30)13-16-1-2-17-14-31(20-4-6-23(34)28-25(20)35)24(19(17)11-16)21(33)15-32/h1-3,5,11-12,15,20,24H,4,6-10,13-14H2,(H2,26,27)(H,28,34,35). The van der Waals surface area contributed by atoms with Crippen molar-refractivity contribution in [1.29, 1.82) is 0 Å². The van der Waals surface area contributed by atoms with Gasteiger partial charge in [-0.2, -0.15) is 0 Å². The Morgan fingerprint density at radius 3 is 2.63 bits per heavy atom. The number of anilines is 2. The summed E-state index contributed by atoms with van der Waals surface area (Å²) in [6, 6.07) is 8.39. The lowest BCUT2D eigenvalue weighted by Crippen LogP contribution is -2.52. The SMILES string of the molecule is Nc1ccc(N2CCN(Cc3ccc4c(c3)C(C(=O)C=O)N(C3CCC(=O)NC3=O)C4)CC2)cn1. The lowest BCUT2D eigenvalue weighted by atomic mass is 9.97. The molecule has 182 valence electrons. The van der Waals surface area contributed by atoms with E-state index in [4.69, 9.17) is 5.73 Å². The van der Waals surface area contributed by atoms with Crippen molar-refractivity contribution in [2.24, 2.45) is 0 Å². The van der Waals surface area contributed by atoms with Gasteiger partial charge in [0.1, 0.15) is 11.9 Å². The molecule has 2 saturated heterocycles. The lowest BCUT2D eigenvalue weighted by molar-refractivity contribution is -0.141. The highest BCUT2D eigenvalue weighted by Gasteiger charge is 2.43. The first-order chi connectivity index (χ1) is 16.9. The van der Waals surface area contributed by atoms with Gasteiger partial charge in [-0.05, 0) is 35.2 Å². The number of nitrogens with one attached hydrogen (secondary N) is 1. The number of nitrogens with zero attached hydrogens (tertiary/aromatic N) is 4. The Balaban J connectivity index is 1.29. The molecule has 35 heavy (non-hydrogen) atoms. The van der Waals surface area contributed by atoms with Gasteiger partial charge in [-0.15, -0.1) is 0 Å². The Labute approximate surface area is 203 Å². The van der Waals surface area contributed by atoms with E-state index in [9.17, 15) is 19.2 Å². The maximum atomic E-state index is 12.7. The molecule has 2 unspecified atom stereocenters. The average molecular weight is 477 g/mol. The zero-order valence-electron chi connectivity index (χ0n) is 19.4. The predicted octanol–water partition coefficient (Wildman–Crippen LogP) is 0.416. The summed E-state index contributed by atoms with van der Waals surface area (Å²) in [6.45, 7) is 4.60. The summed E-state index contributed by atoms with van der Waals surface area (Å²) < 4.78 is 0. The quantitative estimate of drug-likeness (QED) is 0.346. The van der Waals surface area contributed by atoms with Crippen LogP contribution < -0.4 is 16.0 Å². The Bertz CT molecular complexity index is 1160. The number of imide groups is 1. The van der Waals surface area contributed by atoms with Crippen LogP contribution in [-0.4, -0.2) is 70.9 Å². The number of piperidine rings is 1. The van der Waals surface area contributed by atoms with E-state index in [0.717, 1.165) is 55.1 Å². The first-order valence-electron chi connectivity index (χ1n) is 11.8. The number of aldehydes is 1. The van der Waals surface area contributed by atoms with E-state index in [0.29, 0.717) is 25.1 Å². The number of amides is 2. The highest BCUT2D eigenvalue weighted by Crippen LogP contribution is 2.38. The van der Waals surface area contributed by atoms with Gasteiger partial charge in [0.25, 0.3) is 0 Å². The number of hydrogen-bond donors (Lipinski definition) is 2. The number of nitrogens with two attached hydrogens (primary N) is 1. The second kappa shape index (κ2) is 9.55. The molecule has 3 aliphatic rings. The molecule has 1 aromatic carbocycles. The summed E-state index contributed by atoms with van der Waals surface area (Å²) in [7, 11) is 0. The van der Waals surface area contributed by atoms with Crippen LogP contribution in [0.2, 0.25) is 0 Å². The third kappa shape index (κ3) is 4.67. The minimum atomic E-state index is -0.804. The second-order valence-electron chi connectivity index (χ2n) is 9.30. The first-order valence-corrected chi connectivity index (χ1v) is 11.8. The van der Waals surface area contributed by atoms with Gasteiger partial charge >= 0.3 is 0 Å². The number of carbonyl (C=O) groups excluding carboxylic acids is 4. The van der Waals surface area contributed by atoms with Crippen LogP contribution in [0.5, 0.6) is 0 Å². The normalized spacial score (nSPS) is 23.1. The molecule has 0 saturated carbocycles. The number of Topliss-reactive ketones (excluding diaryl/α,β-unsaturated/α-hetero) is 1. The fourth-order valence-corrected chi connectivity index (χ4v) is 5.28. The van der Waals surface area contributed by atoms with E-state index < -0.39 is 23.8 Å². The zero-order chi connectivity index (χ0) is 24.5. The van der Waals surface area contributed by atoms with Crippen molar-refractivity contribution in [1.82, 2.24) is 20.1 Å². The number of ketones is 1. The summed E-state index contributed by atoms with van der Waals surface area (Å²) in [5, 5.41) is 2.35. The molecule has 0 radical (unpaired) electrons. The van der Waals surface area contributed by atoms with Gasteiger partial charge in [0.2, 0.25) is 17.6 Å². The maximum Gasteiger partial charge on any atom is 0.243 e. The van der Waals surface area contributed by atoms with Crippen molar-refractivity contribution < 1.29 is 19.2 Å². The second-order valence-corrected chi connectivity index (χ2v) is 9.30. The molecule has 2 fully saturated rings. The van der Waals surface area contributed by atoms with Crippen LogP contribution in [0, 0.1) is 0 Å². The van der Waals surface area contributed by atoms with Crippen molar-refractivity contribution in [3.63, 3.8) is 0 Å². The van der Waals surface area contributed by atoms with E-state index in [1.54, 1.807) is 17.2 Å². The molecule has 0 aliphatic carbocycles. The van der Waals surface area contributed by atoms with E-state index in [-0.39, 0.29) is 12.3 Å². The molecule has 2 atom stereocenters. The van der Waals surface area contributed by atoms with E-state index >= 15 is 0 Å². The van der Waals surface area contributed by atoms with Crippen LogP contribution in [0.1, 0.15) is 35.6 Å². The van der Waals surface area contributed by atoms with Gasteiger partial charge in [0.15, 0.2) is 6.29 Å². The Morgan fingerprint density at radius 2 is 1.94 bits per heavy atom. The number of benzene rings is 1. The molecule has 10 nitrogen and oxygen atoms in total. The molecule has 0 bridgehead atoms. The average Bonchev–Trinajstić information content (AvgIpc) is 3.23. The lowest BCUT2D eigenvalue weighted by Gasteiger charge is -2.36. The predicted molar refractivity (Wildman–Crippen MR) is 128 cm³/mol. The first kappa shape index (κ1) is 23.1. The molecule has 4 heterocycles. The molecule has 10 heteroatoms. The highest BCUT2D eigenvalue weighted by atomic mass is 16.2. The summed E-state index contributed by atoms with van der Waals surface area (Å²) >= 11 is 0. The highest BCUT2D eigenvalue weighted by molar-refractivity contribution is 6.27. The molecule has 3 N–H and O–H groups in total. The number of aromatic nitrogens is 1. The summed E-state index contributed by atoms with van der Waals surface area (Å²) in [4.78, 5) is 58.8. The van der Waals surface area contributed by atoms with Crippen LogP contribution in [-0.2, 0) is 32.3 Å². The number of pyridine rings is 1. The van der Waals surface area contributed by atoms with Gasteiger partial charge in [0.05, 0.1) is 17.9 Å². The molecule has 2 amide bonds. The Morgan fingerprint density at radius 1 is 1.14 bits per heavy atom. The number of rotatable bonds is 6. The van der Waals surface area contributed by atoms with Gasteiger partial charge in [-0.1, -0.05) is 18.2 Å². The zero-order valence-corrected chi connectivity index (χ0v) is 19.4. The van der Waals surface area contributed by atoms with Gasteiger partial charge < -0.3 is 10.6 Å². The molecule has 0 spiro atoms. The topological polar surface area (TPSA) is 129 Å². The van der Waals surface area contributed by atoms with Crippen LogP contribution in [0.3, 0.4) is 0 Å². The van der Waals surface area contributed by atoms with Crippen LogP contribution in [0.4, 0.5) is 11.5 Å². The Kier molecular flexibility index (Phi) is 6.31. The maximum absolute atomic E-state index is 12.7. The molecular weight excluding hydrogens is 448 g/mol. The number of hydrogen-bond acceptors (Lipinski definition) is 9. The number of piperazine rings is 1. The summed E-state index contributed by atoms with van der Waals surface area (Å²) in [6.07, 6.45) is 2.68. The van der Waals surface area contributed by atoms with Crippen molar-refractivity contribution >= 4 is 35.4 Å². The molecule has 5 rings (SSSR count). The number of carbonyl (C=O) groups is 4. The van der Waals surface area contributed by atoms with E-state index in [1.165, 1.54) is 0 Å². The Hall–Kier alpha value is -3.63. The van der Waals surface area contributed by atoms with Gasteiger partial charge in [-0.3, -0.25) is 34.3 Å². The minimum Gasteiger partial charge on any atom is -0.384 e. The third-order valence-electron chi connectivity index (χ3n) is 7.10. The smallest absolute Gasteiger partial charge is 0.243 e.